The normalized spacial score (nSPS) is 13.8. The van der Waals surface area contributed by atoms with E-state index in [1.54, 1.807) is 34.7 Å². The molecule has 2 aromatic heterocycles. The maximum Gasteiger partial charge on any atom is 0.270 e. The molecule has 0 saturated carbocycles. The van der Waals surface area contributed by atoms with Gasteiger partial charge in [0.2, 0.25) is 0 Å². The summed E-state index contributed by atoms with van der Waals surface area (Å²) in [6.45, 7) is 2.11. The molecule has 1 fully saturated rings. The van der Waals surface area contributed by atoms with Crippen molar-refractivity contribution in [2.75, 3.05) is 31.1 Å². The zero-order valence-corrected chi connectivity index (χ0v) is 18.3. The van der Waals surface area contributed by atoms with Gasteiger partial charge in [0.15, 0.2) is 0 Å². The highest BCUT2D eigenvalue weighted by atomic mass is 32.1. The van der Waals surface area contributed by atoms with E-state index in [9.17, 15) is 14.9 Å². The molecule has 166 valence electrons. The van der Waals surface area contributed by atoms with Gasteiger partial charge >= 0.3 is 0 Å². The average molecular weight is 462 g/mol. The van der Waals surface area contributed by atoms with Gasteiger partial charge < -0.3 is 14.5 Å². The summed E-state index contributed by atoms with van der Waals surface area (Å²) in [6, 6.07) is 15.1. The number of piperazine rings is 1. The highest BCUT2D eigenvalue weighted by molar-refractivity contribution is 7.16. The lowest BCUT2D eigenvalue weighted by Gasteiger charge is -2.35. The van der Waals surface area contributed by atoms with E-state index in [1.807, 2.05) is 29.6 Å². The van der Waals surface area contributed by atoms with Crippen LogP contribution in [0.25, 0.3) is 10.2 Å². The number of carbonyl (C=O) groups is 1. The minimum atomic E-state index is -0.512. The third kappa shape index (κ3) is 4.20. The first-order valence-electron chi connectivity index (χ1n) is 10.3. The van der Waals surface area contributed by atoms with Gasteiger partial charge in [0.1, 0.15) is 28.5 Å². The number of nitro groups is 1. The maximum atomic E-state index is 13.4. The molecule has 0 unspecified atom stereocenters. The molecule has 3 heterocycles. The van der Waals surface area contributed by atoms with Gasteiger partial charge in [-0.15, -0.1) is 11.3 Å². The highest BCUT2D eigenvalue weighted by Crippen LogP contribution is 2.31. The molecule has 0 spiro atoms. The molecule has 1 saturated heterocycles. The van der Waals surface area contributed by atoms with Gasteiger partial charge in [-0.05, 0) is 29.6 Å². The number of thiophene rings is 1. The van der Waals surface area contributed by atoms with E-state index in [1.165, 1.54) is 18.2 Å². The number of amides is 1. The van der Waals surface area contributed by atoms with Crippen LogP contribution in [-0.2, 0) is 0 Å². The summed E-state index contributed by atoms with van der Waals surface area (Å²) in [5.41, 5.74) is 0.0157. The van der Waals surface area contributed by atoms with Crippen molar-refractivity contribution in [1.82, 2.24) is 14.9 Å². The second-order valence-corrected chi connectivity index (χ2v) is 8.36. The topological polar surface area (TPSA) is 102 Å². The third-order valence-electron chi connectivity index (χ3n) is 5.48. The number of ether oxygens (including phenoxy) is 1. The lowest BCUT2D eigenvalue weighted by Crippen LogP contribution is -2.49. The Morgan fingerprint density at radius 3 is 2.58 bits per heavy atom. The number of fused-ring (bicyclic) bond motifs is 1. The number of anilines is 1. The highest BCUT2D eigenvalue weighted by Gasteiger charge is 2.27. The van der Waals surface area contributed by atoms with Crippen molar-refractivity contribution >= 4 is 39.0 Å². The Balaban J connectivity index is 1.37. The van der Waals surface area contributed by atoms with Crippen LogP contribution in [0, 0.1) is 10.1 Å². The van der Waals surface area contributed by atoms with Crippen LogP contribution in [0.1, 0.15) is 10.4 Å². The molecular formula is C23H19N5O4S. The standard InChI is InChI=1S/C23H19N5O4S/c29-23(19-14-16(28(30)31)6-7-20(19)32-17-4-2-1-3-5-17)27-11-9-26(10-12-27)21-18-8-13-33-22(18)25-15-24-21/h1-8,13-15H,9-12H2. The molecule has 0 atom stereocenters. The molecule has 1 amide bonds. The Morgan fingerprint density at radius 2 is 1.82 bits per heavy atom. The zero-order chi connectivity index (χ0) is 22.8. The van der Waals surface area contributed by atoms with Crippen LogP contribution in [0.15, 0.2) is 66.3 Å². The number of nitro benzene ring substituents is 1. The number of nitrogens with zero attached hydrogens (tertiary/aromatic N) is 5. The molecular weight excluding hydrogens is 442 g/mol. The summed E-state index contributed by atoms with van der Waals surface area (Å²) in [5.74, 6) is 1.40. The molecule has 9 nitrogen and oxygen atoms in total. The second kappa shape index (κ2) is 8.83. The fraction of sp³-hybridized carbons (Fsp3) is 0.174. The summed E-state index contributed by atoms with van der Waals surface area (Å²) in [5, 5.41) is 14.3. The van der Waals surface area contributed by atoms with Crippen molar-refractivity contribution in [3.63, 3.8) is 0 Å². The van der Waals surface area contributed by atoms with Crippen molar-refractivity contribution in [3.8, 4) is 11.5 Å². The van der Waals surface area contributed by atoms with Crippen LogP contribution in [0.4, 0.5) is 11.5 Å². The molecule has 0 N–H and O–H groups in total. The zero-order valence-electron chi connectivity index (χ0n) is 17.5. The SMILES string of the molecule is O=C(c1cc([N+](=O)[O-])ccc1Oc1ccccc1)N1CCN(c2ncnc3sccc23)CC1. The molecule has 0 aliphatic carbocycles. The Bertz CT molecular complexity index is 1320. The molecule has 0 radical (unpaired) electrons. The van der Waals surface area contributed by atoms with Crippen LogP contribution in [0.5, 0.6) is 11.5 Å². The van der Waals surface area contributed by atoms with Crippen LogP contribution < -0.4 is 9.64 Å². The molecule has 33 heavy (non-hydrogen) atoms. The van der Waals surface area contributed by atoms with Gasteiger partial charge in [0.25, 0.3) is 11.6 Å². The average Bonchev–Trinajstić information content (AvgIpc) is 3.34. The summed E-state index contributed by atoms with van der Waals surface area (Å²) in [6.07, 6.45) is 1.56. The summed E-state index contributed by atoms with van der Waals surface area (Å²) < 4.78 is 5.89. The minimum Gasteiger partial charge on any atom is -0.457 e. The molecule has 1 aliphatic rings. The van der Waals surface area contributed by atoms with Crippen molar-refractivity contribution in [3.05, 3.63) is 82.0 Å². The first-order chi connectivity index (χ1) is 16.1. The smallest absolute Gasteiger partial charge is 0.270 e. The molecule has 4 aromatic rings. The Labute approximate surface area is 193 Å². The van der Waals surface area contributed by atoms with E-state index >= 15 is 0 Å². The monoisotopic (exact) mass is 461 g/mol. The van der Waals surface area contributed by atoms with Gasteiger partial charge in [-0.1, -0.05) is 18.2 Å². The van der Waals surface area contributed by atoms with E-state index in [-0.39, 0.29) is 22.9 Å². The predicted molar refractivity (Wildman–Crippen MR) is 125 cm³/mol. The van der Waals surface area contributed by atoms with Crippen LogP contribution in [0.3, 0.4) is 0 Å². The van der Waals surface area contributed by atoms with E-state index in [0.717, 1.165) is 16.0 Å². The van der Waals surface area contributed by atoms with Gasteiger partial charge in [-0.3, -0.25) is 14.9 Å². The second-order valence-electron chi connectivity index (χ2n) is 7.47. The molecule has 2 aromatic carbocycles. The van der Waals surface area contributed by atoms with E-state index in [0.29, 0.717) is 31.9 Å². The number of hydrogen-bond acceptors (Lipinski definition) is 8. The lowest BCUT2D eigenvalue weighted by molar-refractivity contribution is -0.384. The van der Waals surface area contributed by atoms with Gasteiger partial charge in [0, 0.05) is 38.3 Å². The molecule has 0 bridgehead atoms. The summed E-state index contributed by atoms with van der Waals surface area (Å²) >= 11 is 1.56. The number of para-hydroxylation sites is 1. The van der Waals surface area contributed by atoms with E-state index in [4.69, 9.17) is 4.74 Å². The largest absolute Gasteiger partial charge is 0.457 e. The van der Waals surface area contributed by atoms with E-state index in [2.05, 4.69) is 14.9 Å². The first kappa shape index (κ1) is 20.8. The van der Waals surface area contributed by atoms with Crippen molar-refractivity contribution < 1.29 is 14.5 Å². The number of hydrogen-bond donors (Lipinski definition) is 0. The number of non-ortho nitro benzene ring substituents is 1. The lowest BCUT2D eigenvalue weighted by atomic mass is 10.1. The summed E-state index contributed by atoms with van der Waals surface area (Å²) in [4.78, 5) is 37.7. The van der Waals surface area contributed by atoms with E-state index < -0.39 is 4.92 Å². The van der Waals surface area contributed by atoms with Crippen LogP contribution >= 0.6 is 11.3 Å². The minimum absolute atomic E-state index is 0.154. The fourth-order valence-corrected chi connectivity index (χ4v) is 4.55. The Hall–Kier alpha value is -4.05. The van der Waals surface area contributed by atoms with Gasteiger partial charge in [-0.2, -0.15) is 0 Å². The third-order valence-corrected chi connectivity index (χ3v) is 6.30. The number of aromatic nitrogens is 2. The Morgan fingerprint density at radius 1 is 1.03 bits per heavy atom. The van der Waals surface area contributed by atoms with Gasteiger partial charge in [-0.25, -0.2) is 9.97 Å². The number of benzene rings is 2. The summed E-state index contributed by atoms with van der Waals surface area (Å²) in [7, 11) is 0. The quantitative estimate of drug-likeness (QED) is 0.322. The van der Waals surface area contributed by atoms with Gasteiger partial charge in [0.05, 0.1) is 15.9 Å². The van der Waals surface area contributed by atoms with Crippen molar-refractivity contribution in [2.45, 2.75) is 0 Å². The number of carbonyl (C=O) groups excluding carboxylic acids is 1. The molecule has 10 heteroatoms. The van der Waals surface area contributed by atoms with Crippen LogP contribution in [0.2, 0.25) is 0 Å². The van der Waals surface area contributed by atoms with Crippen molar-refractivity contribution in [1.29, 1.82) is 0 Å². The van der Waals surface area contributed by atoms with Crippen molar-refractivity contribution in [2.24, 2.45) is 0 Å². The molecule has 5 rings (SSSR count). The fourth-order valence-electron chi connectivity index (χ4n) is 3.82. The Kier molecular flexibility index (Phi) is 5.57. The predicted octanol–water partition coefficient (Wildman–Crippen LogP) is 4.35. The molecule has 1 aliphatic heterocycles. The maximum absolute atomic E-state index is 13.4. The number of rotatable bonds is 5. The first-order valence-corrected chi connectivity index (χ1v) is 11.2. The van der Waals surface area contributed by atoms with Crippen LogP contribution in [-0.4, -0.2) is 51.9 Å².